The van der Waals surface area contributed by atoms with Crippen molar-refractivity contribution in [2.24, 2.45) is 13.0 Å². The lowest BCUT2D eigenvalue weighted by atomic mass is 9.83. The van der Waals surface area contributed by atoms with Crippen LogP contribution in [0.1, 0.15) is 74.1 Å². The number of carbonyl (C=O) groups excluding carboxylic acids is 2. The number of rotatable bonds is 4. The molecule has 3 aliphatic rings. The van der Waals surface area contributed by atoms with Crippen LogP contribution in [0.3, 0.4) is 0 Å². The van der Waals surface area contributed by atoms with E-state index in [4.69, 9.17) is 0 Å². The molecule has 2 amide bonds. The Kier molecular flexibility index (Phi) is 6.84. The summed E-state index contributed by atoms with van der Waals surface area (Å²) in [4.78, 5) is 26.5. The van der Waals surface area contributed by atoms with Crippen LogP contribution in [0, 0.1) is 5.92 Å². The van der Waals surface area contributed by atoms with Crippen molar-refractivity contribution in [2.45, 2.75) is 69.5 Å². The molecule has 0 saturated carbocycles. The van der Waals surface area contributed by atoms with E-state index < -0.39 is 23.6 Å². The highest BCUT2D eigenvalue weighted by Gasteiger charge is 2.41. The lowest BCUT2D eigenvalue weighted by Crippen LogP contribution is -2.46. The summed E-state index contributed by atoms with van der Waals surface area (Å²) in [5, 5.41) is 10.4. The van der Waals surface area contributed by atoms with Crippen molar-refractivity contribution in [2.75, 3.05) is 26.2 Å². The van der Waals surface area contributed by atoms with Crippen LogP contribution in [0.15, 0.2) is 12.1 Å². The molecule has 3 saturated heterocycles. The largest absolute Gasteiger partial charge is 0.418 e. The van der Waals surface area contributed by atoms with Crippen LogP contribution in [-0.2, 0) is 22.8 Å². The van der Waals surface area contributed by atoms with Crippen molar-refractivity contribution < 1.29 is 22.8 Å². The molecule has 2 aromatic rings. The lowest BCUT2D eigenvalue weighted by molar-refractivity contribution is -0.137. The van der Waals surface area contributed by atoms with Crippen molar-refractivity contribution >= 4 is 22.7 Å². The second-order valence-electron chi connectivity index (χ2n) is 10.6. The molecule has 196 valence electrons. The highest BCUT2D eigenvalue weighted by molar-refractivity contribution is 6.02. The number of aromatic nitrogens is 2. The molecule has 1 unspecified atom stereocenters. The van der Waals surface area contributed by atoms with Gasteiger partial charge < -0.3 is 10.2 Å². The molecule has 4 heterocycles. The average molecular weight is 506 g/mol. The van der Waals surface area contributed by atoms with Gasteiger partial charge in [-0.3, -0.25) is 19.6 Å². The standard InChI is InChI=1S/C26H34F3N5O2/c1-15(16-7-11-30-12-8-16)34-13-9-17(10-14-34)18-3-4-19-23(20-5-6-21(35)31-25(20)36)32-33(2)24(19)22(18)26(27,28)29/h3-4,15-17,20,30H,5-14H2,1-2H3,(H,31,35,36)/t15-,20?/m0/s1. The van der Waals surface area contributed by atoms with E-state index in [0.717, 1.165) is 39.0 Å². The first kappa shape index (κ1) is 25.2. The number of aryl methyl sites for hydroxylation is 1. The second kappa shape index (κ2) is 9.78. The summed E-state index contributed by atoms with van der Waals surface area (Å²) in [5.41, 5.74) is 0.00533. The van der Waals surface area contributed by atoms with E-state index in [1.165, 1.54) is 11.7 Å². The molecular weight excluding hydrogens is 471 g/mol. The number of amides is 2. The van der Waals surface area contributed by atoms with E-state index in [9.17, 15) is 22.8 Å². The molecule has 3 aliphatic heterocycles. The minimum atomic E-state index is -4.55. The fraction of sp³-hybridized carbons (Fsp3) is 0.654. The first-order valence-electron chi connectivity index (χ1n) is 13.0. The fourth-order valence-electron chi connectivity index (χ4n) is 6.51. The zero-order valence-corrected chi connectivity index (χ0v) is 20.8. The maximum absolute atomic E-state index is 14.6. The third kappa shape index (κ3) is 4.65. The van der Waals surface area contributed by atoms with Gasteiger partial charge in [0.2, 0.25) is 11.8 Å². The third-order valence-electron chi connectivity index (χ3n) is 8.53. The van der Waals surface area contributed by atoms with Crippen molar-refractivity contribution in [3.05, 3.63) is 29.0 Å². The number of hydrogen-bond donors (Lipinski definition) is 2. The number of likely N-dealkylation sites (tertiary alicyclic amines) is 1. The smallest absolute Gasteiger partial charge is 0.317 e. The summed E-state index contributed by atoms with van der Waals surface area (Å²) in [6.07, 6.45) is -0.508. The van der Waals surface area contributed by atoms with Crippen LogP contribution in [0.5, 0.6) is 0 Å². The first-order valence-corrected chi connectivity index (χ1v) is 13.0. The zero-order valence-electron chi connectivity index (χ0n) is 20.8. The van der Waals surface area contributed by atoms with Gasteiger partial charge in [0, 0.05) is 24.9 Å². The number of imide groups is 1. The molecule has 0 spiro atoms. The van der Waals surface area contributed by atoms with Gasteiger partial charge in [-0.1, -0.05) is 12.1 Å². The van der Waals surface area contributed by atoms with E-state index in [-0.39, 0.29) is 30.2 Å². The highest BCUT2D eigenvalue weighted by Crippen LogP contribution is 2.44. The third-order valence-corrected chi connectivity index (χ3v) is 8.53. The van der Waals surface area contributed by atoms with Gasteiger partial charge in [-0.05, 0) is 82.6 Å². The molecule has 7 nitrogen and oxygen atoms in total. The molecule has 5 rings (SSSR count). The Labute approximate surface area is 208 Å². The van der Waals surface area contributed by atoms with Gasteiger partial charge in [-0.15, -0.1) is 0 Å². The van der Waals surface area contributed by atoms with Crippen LogP contribution >= 0.6 is 0 Å². The second-order valence-corrected chi connectivity index (χ2v) is 10.6. The minimum Gasteiger partial charge on any atom is -0.317 e. The molecule has 36 heavy (non-hydrogen) atoms. The van der Waals surface area contributed by atoms with Crippen LogP contribution in [-0.4, -0.2) is 58.7 Å². The number of hydrogen-bond acceptors (Lipinski definition) is 5. The van der Waals surface area contributed by atoms with Crippen molar-refractivity contribution in [1.29, 1.82) is 0 Å². The van der Waals surface area contributed by atoms with Crippen molar-refractivity contribution in [3.63, 3.8) is 0 Å². The molecule has 2 N–H and O–H groups in total. The molecular formula is C26H34F3N5O2. The maximum atomic E-state index is 14.6. The zero-order chi connectivity index (χ0) is 25.6. The van der Waals surface area contributed by atoms with Crippen LogP contribution in [0.25, 0.3) is 10.9 Å². The lowest BCUT2D eigenvalue weighted by Gasteiger charge is -2.41. The summed E-state index contributed by atoms with van der Waals surface area (Å²) in [7, 11) is 1.50. The average Bonchev–Trinajstić information content (AvgIpc) is 3.19. The van der Waals surface area contributed by atoms with Gasteiger partial charge >= 0.3 is 6.18 Å². The number of alkyl halides is 3. The summed E-state index contributed by atoms with van der Waals surface area (Å²) in [6, 6.07) is 3.72. The van der Waals surface area contributed by atoms with Gasteiger partial charge in [0.25, 0.3) is 0 Å². The van der Waals surface area contributed by atoms with E-state index in [0.29, 0.717) is 41.4 Å². The Morgan fingerprint density at radius 1 is 1.06 bits per heavy atom. The summed E-state index contributed by atoms with van der Waals surface area (Å²) < 4.78 is 44.9. The molecule has 0 radical (unpaired) electrons. The molecule has 0 bridgehead atoms. The summed E-state index contributed by atoms with van der Waals surface area (Å²) >= 11 is 0. The van der Waals surface area contributed by atoms with Crippen molar-refractivity contribution in [1.82, 2.24) is 25.3 Å². The fourth-order valence-corrected chi connectivity index (χ4v) is 6.51. The minimum absolute atomic E-state index is 0.0187. The van der Waals surface area contributed by atoms with E-state index >= 15 is 0 Å². The maximum Gasteiger partial charge on any atom is 0.418 e. The number of fused-ring (bicyclic) bond motifs is 1. The van der Waals surface area contributed by atoms with E-state index in [1.54, 1.807) is 12.1 Å². The van der Waals surface area contributed by atoms with Crippen molar-refractivity contribution in [3.8, 4) is 0 Å². The number of benzene rings is 1. The van der Waals surface area contributed by atoms with Crippen LogP contribution < -0.4 is 10.6 Å². The molecule has 0 aliphatic carbocycles. The van der Waals surface area contributed by atoms with Gasteiger partial charge in [0.15, 0.2) is 0 Å². The number of nitrogens with one attached hydrogen (secondary N) is 2. The molecule has 10 heteroatoms. The normalized spacial score (nSPS) is 24.3. The monoisotopic (exact) mass is 505 g/mol. The SMILES string of the molecule is C[C@@H](C1CCNCC1)N1CCC(c2ccc3c(C4CCC(=O)NC4=O)nn(C)c3c2C(F)(F)F)CC1. The van der Waals surface area contributed by atoms with Crippen LogP contribution in [0.4, 0.5) is 13.2 Å². The van der Waals surface area contributed by atoms with Gasteiger partial charge in [0.1, 0.15) is 0 Å². The summed E-state index contributed by atoms with van der Waals surface area (Å²) in [5.74, 6) is -1.16. The predicted octanol–water partition coefficient (Wildman–Crippen LogP) is 3.68. The summed E-state index contributed by atoms with van der Waals surface area (Å²) in [6.45, 7) is 5.91. The molecule has 2 atom stereocenters. The van der Waals surface area contributed by atoms with Crippen LogP contribution in [0.2, 0.25) is 0 Å². The number of carbonyl (C=O) groups is 2. The highest BCUT2D eigenvalue weighted by atomic mass is 19.4. The molecule has 3 fully saturated rings. The van der Waals surface area contributed by atoms with Gasteiger partial charge in [-0.2, -0.15) is 18.3 Å². The van der Waals surface area contributed by atoms with Gasteiger partial charge in [0.05, 0.1) is 22.7 Å². The number of halogens is 3. The first-order chi connectivity index (χ1) is 17.1. The quantitative estimate of drug-likeness (QED) is 0.620. The van der Waals surface area contributed by atoms with E-state index in [1.807, 2.05) is 0 Å². The molecule has 1 aromatic carbocycles. The Hall–Kier alpha value is -2.46. The Morgan fingerprint density at radius 3 is 2.39 bits per heavy atom. The Balaban J connectivity index is 1.44. The Morgan fingerprint density at radius 2 is 1.75 bits per heavy atom. The predicted molar refractivity (Wildman–Crippen MR) is 129 cm³/mol. The number of piperidine rings is 3. The van der Waals surface area contributed by atoms with E-state index in [2.05, 4.69) is 27.6 Å². The van der Waals surface area contributed by atoms with Gasteiger partial charge in [-0.25, -0.2) is 0 Å². The topological polar surface area (TPSA) is 79.3 Å². The Bertz CT molecular complexity index is 1150. The number of nitrogens with zero attached hydrogens (tertiary/aromatic N) is 3. The molecule has 1 aromatic heterocycles.